The van der Waals surface area contributed by atoms with Crippen LogP contribution in [0.25, 0.3) is 0 Å². The third-order valence-electron chi connectivity index (χ3n) is 7.45. The molecule has 32 heavy (non-hydrogen) atoms. The van der Waals surface area contributed by atoms with Gasteiger partial charge in [-0.05, 0) is 6.92 Å². The summed E-state index contributed by atoms with van der Waals surface area (Å²) in [6.07, 6.45) is -0.928. The van der Waals surface area contributed by atoms with Gasteiger partial charge in [-0.3, -0.25) is 19.5 Å². The van der Waals surface area contributed by atoms with E-state index in [1.165, 1.54) is 0 Å². The summed E-state index contributed by atoms with van der Waals surface area (Å²) in [5.74, 6) is -1.64. The number of methoxy groups -OCH3 is 1. The highest BCUT2D eigenvalue weighted by Crippen LogP contribution is 2.55. The highest BCUT2D eigenvalue weighted by molar-refractivity contribution is 6.53. The Morgan fingerprint density at radius 2 is 2.06 bits per heavy atom. The molecule has 3 fully saturated rings. The van der Waals surface area contributed by atoms with Gasteiger partial charge in [-0.2, -0.15) is 0 Å². The van der Waals surface area contributed by atoms with Gasteiger partial charge >= 0.3 is 6.09 Å². The molecule has 0 spiro atoms. The predicted molar refractivity (Wildman–Crippen MR) is 114 cm³/mol. The standard InChI is InChI=1S/C21H30N6O5/c1-11-15(24-5-8-26-6-3-23-4-7-26)18(29)14-12(10-32-20(22)30)21(31-2)19-13(25-19)9-27(21)16(14)17(11)28/h11-13,19,23,25H,3-10H2,1-2H3,(H2,22,30). The number of ether oxygens (including phenoxy) is 2. The van der Waals surface area contributed by atoms with Gasteiger partial charge in [-0.25, -0.2) is 4.79 Å². The number of amides is 1. The first-order chi connectivity index (χ1) is 15.4. The second-order valence-corrected chi connectivity index (χ2v) is 9.04. The van der Waals surface area contributed by atoms with Gasteiger partial charge in [0.15, 0.2) is 11.5 Å². The number of fused-ring (bicyclic) bond motifs is 4. The van der Waals surface area contributed by atoms with Gasteiger partial charge in [0.1, 0.15) is 6.61 Å². The molecule has 1 amide bonds. The van der Waals surface area contributed by atoms with Gasteiger partial charge in [-0.1, -0.05) is 0 Å². The van der Waals surface area contributed by atoms with Gasteiger partial charge in [0.2, 0.25) is 5.78 Å². The fourth-order valence-electron chi connectivity index (χ4n) is 5.83. The minimum Gasteiger partial charge on any atom is -0.449 e. The number of nitrogens with two attached hydrogens (primary N) is 1. The number of piperazine rings is 2. The van der Waals surface area contributed by atoms with Crippen molar-refractivity contribution in [1.29, 1.82) is 0 Å². The van der Waals surface area contributed by atoms with Crippen molar-refractivity contribution >= 4 is 23.4 Å². The molecule has 5 rings (SSSR count). The van der Waals surface area contributed by atoms with E-state index < -0.39 is 23.7 Å². The molecule has 0 radical (unpaired) electrons. The van der Waals surface area contributed by atoms with Crippen LogP contribution in [0.3, 0.4) is 0 Å². The van der Waals surface area contributed by atoms with Crippen LogP contribution in [0.1, 0.15) is 6.92 Å². The molecule has 4 heterocycles. The van der Waals surface area contributed by atoms with E-state index in [2.05, 4.69) is 20.5 Å². The molecule has 4 N–H and O–H groups in total. The normalized spacial score (nSPS) is 37.6. The Labute approximate surface area is 186 Å². The van der Waals surface area contributed by atoms with Crippen LogP contribution < -0.4 is 16.4 Å². The molecule has 0 bridgehead atoms. The summed E-state index contributed by atoms with van der Waals surface area (Å²) in [5.41, 5.74) is 5.27. The van der Waals surface area contributed by atoms with E-state index in [9.17, 15) is 14.4 Å². The number of primary amides is 1. The molecule has 5 aliphatic rings. The van der Waals surface area contributed by atoms with Crippen LogP contribution in [0, 0.1) is 11.8 Å². The summed E-state index contributed by atoms with van der Waals surface area (Å²) in [6, 6.07) is 0.121. The molecular formula is C21H30N6O5. The van der Waals surface area contributed by atoms with Crippen molar-refractivity contribution in [1.82, 2.24) is 20.4 Å². The van der Waals surface area contributed by atoms with Crippen molar-refractivity contribution in [2.45, 2.75) is 24.7 Å². The SMILES string of the molecule is COC12C(COC(N)=O)C3=C(C(=O)C(C)C(=NCCN4CCNCC4)C3=O)N1CC1NC12. The molecular weight excluding hydrogens is 416 g/mol. The quantitative estimate of drug-likeness (QED) is 0.398. The Hall–Kier alpha value is -2.34. The first-order valence-corrected chi connectivity index (χ1v) is 11.2. The molecule has 4 aliphatic heterocycles. The monoisotopic (exact) mass is 446 g/mol. The van der Waals surface area contributed by atoms with Crippen LogP contribution in [0.2, 0.25) is 0 Å². The summed E-state index contributed by atoms with van der Waals surface area (Å²) in [7, 11) is 1.56. The van der Waals surface area contributed by atoms with Crippen molar-refractivity contribution in [3.63, 3.8) is 0 Å². The topological polar surface area (TPSA) is 148 Å². The first kappa shape index (κ1) is 21.5. The number of ketones is 2. The number of nitrogens with one attached hydrogen (secondary N) is 2. The maximum Gasteiger partial charge on any atom is 0.404 e. The fraction of sp³-hybridized carbons (Fsp3) is 0.714. The molecule has 174 valence electrons. The van der Waals surface area contributed by atoms with Crippen LogP contribution >= 0.6 is 0 Å². The van der Waals surface area contributed by atoms with E-state index in [4.69, 9.17) is 15.2 Å². The van der Waals surface area contributed by atoms with Gasteiger partial charge < -0.3 is 30.7 Å². The molecule has 11 nitrogen and oxygen atoms in total. The van der Waals surface area contributed by atoms with Crippen LogP contribution in [0.15, 0.2) is 16.3 Å². The molecule has 0 aromatic carbocycles. The molecule has 3 saturated heterocycles. The number of carbonyl (C=O) groups excluding carboxylic acids is 3. The van der Waals surface area contributed by atoms with Crippen molar-refractivity contribution < 1.29 is 23.9 Å². The second kappa shape index (κ2) is 7.91. The van der Waals surface area contributed by atoms with E-state index in [1.807, 2.05) is 4.90 Å². The summed E-state index contributed by atoms with van der Waals surface area (Å²) < 4.78 is 11.1. The molecule has 1 aliphatic carbocycles. The Balaban J connectivity index is 1.45. The van der Waals surface area contributed by atoms with E-state index in [0.29, 0.717) is 24.4 Å². The van der Waals surface area contributed by atoms with Crippen LogP contribution in [-0.2, 0) is 19.1 Å². The third kappa shape index (κ3) is 3.10. The minimum absolute atomic E-state index is 0.0522. The number of allylic oxidation sites excluding steroid dienone is 1. The molecule has 5 unspecified atom stereocenters. The Morgan fingerprint density at radius 1 is 1.31 bits per heavy atom. The van der Waals surface area contributed by atoms with Gasteiger partial charge in [0, 0.05) is 58.0 Å². The van der Waals surface area contributed by atoms with Crippen LogP contribution in [0.4, 0.5) is 4.79 Å². The lowest BCUT2D eigenvalue weighted by atomic mass is 9.78. The van der Waals surface area contributed by atoms with E-state index >= 15 is 0 Å². The average molecular weight is 447 g/mol. The van der Waals surface area contributed by atoms with Gasteiger partial charge in [0.05, 0.1) is 35.8 Å². The molecule has 11 heteroatoms. The van der Waals surface area contributed by atoms with Crippen molar-refractivity contribution in [3.8, 4) is 0 Å². The number of hydrogen-bond acceptors (Lipinski definition) is 10. The van der Waals surface area contributed by atoms with E-state index in [0.717, 1.165) is 32.7 Å². The smallest absolute Gasteiger partial charge is 0.404 e. The lowest BCUT2D eigenvalue weighted by Crippen LogP contribution is -2.55. The highest BCUT2D eigenvalue weighted by atomic mass is 16.6. The van der Waals surface area contributed by atoms with Crippen LogP contribution in [-0.4, -0.2) is 111 Å². The first-order valence-electron chi connectivity index (χ1n) is 11.2. The summed E-state index contributed by atoms with van der Waals surface area (Å²) in [6.45, 7) is 7.12. The number of nitrogens with zero attached hydrogens (tertiary/aromatic N) is 3. The van der Waals surface area contributed by atoms with Crippen molar-refractivity contribution in [3.05, 3.63) is 11.3 Å². The number of carbonyl (C=O) groups is 3. The highest BCUT2D eigenvalue weighted by Gasteiger charge is 2.73. The third-order valence-corrected chi connectivity index (χ3v) is 7.45. The zero-order chi connectivity index (χ0) is 22.6. The maximum atomic E-state index is 13.7. The average Bonchev–Trinajstić information content (AvgIpc) is 3.40. The Kier molecular flexibility index (Phi) is 5.31. The Bertz CT molecular complexity index is 912. The van der Waals surface area contributed by atoms with Crippen molar-refractivity contribution in [2.75, 3.05) is 59.5 Å². The number of rotatable bonds is 6. The lowest BCUT2D eigenvalue weighted by Gasteiger charge is -2.39. The molecule has 5 atom stereocenters. The summed E-state index contributed by atoms with van der Waals surface area (Å²) >= 11 is 0. The predicted octanol–water partition coefficient (Wildman–Crippen LogP) is -1.90. The van der Waals surface area contributed by atoms with Gasteiger partial charge in [-0.15, -0.1) is 0 Å². The summed E-state index contributed by atoms with van der Waals surface area (Å²) in [5, 5.41) is 6.66. The molecule has 0 aromatic heterocycles. The molecule has 0 saturated carbocycles. The lowest BCUT2D eigenvalue weighted by molar-refractivity contribution is -0.138. The second-order valence-electron chi connectivity index (χ2n) is 9.04. The largest absolute Gasteiger partial charge is 0.449 e. The zero-order valence-corrected chi connectivity index (χ0v) is 18.4. The number of aliphatic imine (C=N–C) groups is 1. The minimum atomic E-state index is -0.952. The van der Waals surface area contributed by atoms with E-state index in [1.54, 1.807) is 14.0 Å². The number of Topliss-reactive ketones (excluding diaryl/α,β-unsaturated/α-hetero) is 2. The maximum absolute atomic E-state index is 13.7. The number of hydrogen-bond donors (Lipinski definition) is 3. The molecule has 0 aromatic rings. The van der Waals surface area contributed by atoms with Crippen LogP contribution in [0.5, 0.6) is 0 Å². The van der Waals surface area contributed by atoms with Crippen molar-refractivity contribution in [2.24, 2.45) is 22.6 Å². The van der Waals surface area contributed by atoms with E-state index in [-0.39, 0.29) is 36.0 Å². The summed E-state index contributed by atoms with van der Waals surface area (Å²) in [4.78, 5) is 47.3. The Morgan fingerprint density at radius 3 is 2.75 bits per heavy atom. The van der Waals surface area contributed by atoms with Gasteiger partial charge in [0.25, 0.3) is 0 Å². The zero-order valence-electron chi connectivity index (χ0n) is 18.4. The fourth-order valence-corrected chi connectivity index (χ4v) is 5.83.